The predicted molar refractivity (Wildman–Crippen MR) is 77.4 cm³/mol. The summed E-state index contributed by atoms with van der Waals surface area (Å²) in [7, 11) is 0. The lowest BCUT2D eigenvalue weighted by Crippen LogP contribution is -2.23. The number of hydrogen-bond donors (Lipinski definition) is 1. The van der Waals surface area contributed by atoms with Gasteiger partial charge in [0.2, 0.25) is 0 Å². The van der Waals surface area contributed by atoms with Crippen LogP contribution in [0.15, 0.2) is 35.4 Å². The van der Waals surface area contributed by atoms with Crippen molar-refractivity contribution < 1.29 is 14.6 Å². The summed E-state index contributed by atoms with van der Waals surface area (Å²) in [4.78, 5) is 27.2. The first-order valence-corrected chi connectivity index (χ1v) is 6.55. The fourth-order valence-corrected chi connectivity index (χ4v) is 1.91. The van der Waals surface area contributed by atoms with Gasteiger partial charge in [-0.2, -0.15) is 0 Å². The van der Waals surface area contributed by atoms with E-state index in [-0.39, 0.29) is 23.2 Å². The Balaban J connectivity index is 2.48. The van der Waals surface area contributed by atoms with Crippen molar-refractivity contribution in [2.75, 3.05) is 0 Å². The van der Waals surface area contributed by atoms with Gasteiger partial charge in [-0.3, -0.25) is 4.79 Å². The molecule has 2 aromatic rings. The van der Waals surface area contributed by atoms with Crippen LogP contribution >= 0.6 is 11.6 Å². The van der Waals surface area contributed by atoms with E-state index in [1.807, 2.05) is 13.8 Å². The van der Waals surface area contributed by atoms with Crippen molar-refractivity contribution >= 4 is 17.6 Å². The van der Waals surface area contributed by atoms with Crippen LogP contribution in [0.1, 0.15) is 30.2 Å². The van der Waals surface area contributed by atoms with Gasteiger partial charge in [0.25, 0.3) is 5.88 Å². The molecule has 0 saturated heterocycles. The zero-order chi connectivity index (χ0) is 15.6. The number of carbonyl (C=O) groups is 1. The fraction of sp³-hybridized carbons (Fsp3) is 0.214. The minimum atomic E-state index is -1.18. The maximum atomic E-state index is 12.2. The summed E-state index contributed by atoms with van der Waals surface area (Å²) in [6.07, 6.45) is 2.96. The Kier molecular flexibility index (Phi) is 4.28. The zero-order valence-electron chi connectivity index (χ0n) is 11.4. The van der Waals surface area contributed by atoms with Crippen LogP contribution in [0.2, 0.25) is 5.02 Å². The Labute approximate surface area is 125 Å². The number of nitrogens with zero attached hydrogens (tertiary/aromatic N) is 2. The highest BCUT2D eigenvalue weighted by atomic mass is 35.5. The molecular formula is C14H13ClN2O4. The molecular weight excluding hydrogens is 296 g/mol. The molecule has 0 atom stereocenters. The van der Waals surface area contributed by atoms with Crippen LogP contribution in [0, 0.1) is 0 Å². The number of aromatic carboxylic acids is 1. The molecule has 6 nitrogen and oxygen atoms in total. The maximum absolute atomic E-state index is 12.2. The molecule has 1 heterocycles. The van der Waals surface area contributed by atoms with Crippen LogP contribution in [0.5, 0.6) is 11.6 Å². The minimum Gasteiger partial charge on any atom is -0.478 e. The monoisotopic (exact) mass is 308 g/mol. The Hall–Kier alpha value is -2.34. The molecule has 0 aliphatic heterocycles. The SMILES string of the molecule is CC(C)n1ccnc(Oc2cc(Cl)ccc2C(=O)O)c1=O. The van der Waals surface area contributed by atoms with Crippen LogP contribution in [0.25, 0.3) is 0 Å². The highest BCUT2D eigenvalue weighted by Gasteiger charge is 2.16. The largest absolute Gasteiger partial charge is 0.478 e. The lowest BCUT2D eigenvalue weighted by molar-refractivity contribution is 0.0694. The molecule has 0 saturated carbocycles. The number of benzene rings is 1. The van der Waals surface area contributed by atoms with Gasteiger partial charge < -0.3 is 14.4 Å². The molecule has 0 aliphatic rings. The Bertz CT molecular complexity index is 740. The van der Waals surface area contributed by atoms with Crippen molar-refractivity contribution in [3.8, 4) is 11.6 Å². The van der Waals surface area contributed by atoms with Crippen molar-refractivity contribution in [3.05, 3.63) is 51.5 Å². The zero-order valence-corrected chi connectivity index (χ0v) is 12.2. The second-order valence-electron chi connectivity index (χ2n) is 4.59. The summed E-state index contributed by atoms with van der Waals surface area (Å²) in [5.74, 6) is -1.40. The number of rotatable bonds is 4. The minimum absolute atomic E-state index is 0.0268. The summed E-state index contributed by atoms with van der Waals surface area (Å²) < 4.78 is 6.80. The van der Waals surface area contributed by atoms with Crippen molar-refractivity contribution in [3.63, 3.8) is 0 Å². The summed E-state index contributed by atoms with van der Waals surface area (Å²) in [5, 5.41) is 9.42. The van der Waals surface area contributed by atoms with E-state index in [0.717, 1.165) is 0 Å². The molecule has 1 aromatic carbocycles. The van der Waals surface area contributed by atoms with Crippen LogP contribution in [0.3, 0.4) is 0 Å². The molecule has 7 heteroatoms. The van der Waals surface area contributed by atoms with E-state index in [1.165, 1.54) is 35.2 Å². The van der Waals surface area contributed by atoms with Gasteiger partial charge in [-0.15, -0.1) is 0 Å². The fourth-order valence-electron chi connectivity index (χ4n) is 1.74. The molecule has 0 fully saturated rings. The molecule has 0 radical (unpaired) electrons. The van der Waals surface area contributed by atoms with E-state index in [2.05, 4.69) is 4.98 Å². The summed E-state index contributed by atoms with van der Waals surface area (Å²) in [6, 6.07) is 4.01. The molecule has 0 amide bonds. The van der Waals surface area contributed by atoms with Gasteiger partial charge in [-0.25, -0.2) is 9.78 Å². The molecule has 0 bridgehead atoms. The third kappa shape index (κ3) is 3.22. The van der Waals surface area contributed by atoms with Gasteiger partial charge in [0, 0.05) is 29.5 Å². The van der Waals surface area contributed by atoms with E-state index < -0.39 is 11.5 Å². The molecule has 2 rings (SSSR count). The lowest BCUT2D eigenvalue weighted by atomic mass is 10.2. The number of aromatic nitrogens is 2. The second kappa shape index (κ2) is 5.97. The summed E-state index contributed by atoms with van der Waals surface area (Å²) in [6.45, 7) is 3.68. The first-order chi connectivity index (χ1) is 9.90. The average Bonchev–Trinajstić information content (AvgIpc) is 2.40. The lowest BCUT2D eigenvalue weighted by Gasteiger charge is -2.12. The molecule has 21 heavy (non-hydrogen) atoms. The Morgan fingerprint density at radius 2 is 2.14 bits per heavy atom. The van der Waals surface area contributed by atoms with Gasteiger partial charge in [-0.05, 0) is 26.0 Å². The van der Waals surface area contributed by atoms with Crippen LogP contribution in [-0.2, 0) is 0 Å². The standard InChI is InChI=1S/C14H13ClN2O4/c1-8(2)17-6-5-16-12(13(17)18)21-11-7-9(15)3-4-10(11)14(19)20/h3-8H,1-2H3,(H,19,20). The van der Waals surface area contributed by atoms with E-state index >= 15 is 0 Å². The first-order valence-electron chi connectivity index (χ1n) is 6.18. The smallest absolute Gasteiger partial charge is 0.339 e. The predicted octanol–water partition coefficient (Wildman–Crippen LogP) is 2.97. The Morgan fingerprint density at radius 3 is 2.76 bits per heavy atom. The molecule has 110 valence electrons. The molecule has 0 unspecified atom stereocenters. The quantitative estimate of drug-likeness (QED) is 0.939. The number of carboxylic acid groups (broad SMARTS) is 1. The number of carboxylic acids is 1. The van der Waals surface area contributed by atoms with E-state index in [0.29, 0.717) is 5.02 Å². The second-order valence-corrected chi connectivity index (χ2v) is 5.02. The molecule has 0 aliphatic carbocycles. The maximum Gasteiger partial charge on any atom is 0.339 e. The average molecular weight is 309 g/mol. The van der Waals surface area contributed by atoms with Gasteiger partial charge in [0.1, 0.15) is 11.3 Å². The molecule has 1 N–H and O–H groups in total. The summed E-state index contributed by atoms with van der Waals surface area (Å²) >= 11 is 5.83. The van der Waals surface area contributed by atoms with Crippen LogP contribution in [0.4, 0.5) is 0 Å². The van der Waals surface area contributed by atoms with Crippen LogP contribution < -0.4 is 10.3 Å². The third-order valence-electron chi connectivity index (χ3n) is 2.77. The number of halogens is 1. The highest BCUT2D eigenvalue weighted by molar-refractivity contribution is 6.30. The normalized spacial score (nSPS) is 10.7. The molecule has 1 aromatic heterocycles. The van der Waals surface area contributed by atoms with Crippen molar-refractivity contribution in [2.45, 2.75) is 19.9 Å². The van der Waals surface area contributed by atoms with Crippen molar-refractivity contribution in [2.24, 2.45) is 0 Å². The van der Waals surface area contributed by atoms with Crippen molar-refractivity contribution in [1.29, 1.82) is 0 Å². The van der Waals surface area contributed by atoms with E-state index in [4.69, 9.17) is 21.4 Å². The van der Waals surface area contributed by atoms with E-state index in [9.17, 15) is 9.59 Å². The van der Waals surface area contributed by atoms with E-state index in [1.54, 1.807) is 0 Å². The molecule has 0 spiro atoms. The van der Waals surface area contributed by atoms with Crippen LogP contribution in [-0.4, -0.2) is 20.6 Å². The van der Waals surface area contributed by atoms with Gasteiger partial charge in [-0.1, -0.05) is 11.6 Å². The third-order valence-corrected chi connectivity index (χ3v) is 3.01. The number of hydrogen-bond acceptors (Lipinski definition) is 4. The topological polar surface area (TPSA) is 81.4 Å². The van der Waals surface area contributed by atoms with Gasteiger partial charge in [0.05, 0.1) is 0 Å². The van der Waals surface area contributed by atoms with Gasteiger partial charge in [0.15, 0.2) is 0 Å². The summed E-state index contributed by atoms with van der Waals surface area (Å²) in [5.41, 5.74) is -0.538. The first kappa shape index (κ1) is 15.1. The number of ether oxygens (including phenoxy) is 1. The van der Waals surface area contributed by atoms with Gasteiger partial charge >= 0.3 is 11.5 Å². The van der Waals surface area contributed by atoms with Crippen molar-refractivity contribution in [1.82, 2.24) is 9.55 Å². The Morgan fingerprint density at radius 1 is 1.43 bits per heavy atom. The highest BCUT2D eigenvalue weighted by Crippen LogP contribution is 2.26.